The molecule has 0 fully saturated rings. The number of amides is 1. The largest absolute Gasteiger partial charge is 0.349 e. The molecule has 17 heavy (non-hydrogen) atoms. The van der Waals surface area contributed by atoms with Crippen molar-refractivity contribution in [3.63, 3.8) is 0 Å². The SMILES string of the molecule is CCC(CCCl)NC(=O)c1cc(C)cc(C)c1. The standard InChI is InChI=1S/C14H20ClNO/c1-4-13(5-6-15)16-14(17)12-8-10(2)7-11(3)9-12/h7-9,13H,4-6H2,1-3H3,(H,16,17). The Hall–Kier alpha value is -1.02. The molecule has 1 unspecified atom stereocenters. The van der Waals surface area contributed by atoms with Gasteiger partial charge in [-0.1, -0.05) is 24.1 Å². The Morgan fingerprint density at radius 3 is 2.35 bits per heavy atom. The van der Waals surface area contributed by atoms with E-state index in [2.05, 4.69) is 18.3 Å². The van der Waals surface area contributed by atoms with Crippen LogP contribution in [0.4, 0.5) is 0 Å². The predicted molar refractivity (Wildman–Crippen MR) is 72.8 cm³/mol. The topological polar surface area (TPSA) is 29.1 Å². The Bertz CT molecular complexity index is 370. The van der Waals surface area contributed by atoms with Gasteiger partial charge in [0, 0.05) is 17.5 Å². The molecule has 3 heteroatoms. The third-order valence-corrected chi connectivity index (χ3v) is 2.99. The fourth-order valence-corrected chi connectivity index (χ4v) is 2.15. The summed E-state index contributed by atoms with van der Waals surface area (Å²) in [5.41, 5.74) is 2.96. The van der Waals surface area contributed by atoms with Gasteiger partial charge in [-0.05, 0) is 38.8 Å². The lowest BCUT2D eigenvalue weighted by molar-refractivity contribution is 0.0935. The van der Waals surface area contributed by atoms with Gasteiger partial charge in [0.05, 0.1) is 0 Å². The van der Waals surface area contributed by atoms with E-state index in [0.29, 0.717) is 5.88 Å². The molecule has 0 heterocycles. The quantitative estimate of drug-likeness (QED) is 0.801. The van der Waals surface area contributed by atoms with Crippen LogP contribution in [0.15, 0.2) is 18.2 Å². The monoisotopic (exact) mass is 253 g/mol. The van der Waals surface area contributed by atoms with E-state index in [4.69, 9.17) is 11.6 Å². The van der Waals surface area contributed by atoms with E-state index in [0.717, 1.165) is 29.5 Å². The minimum absolute atomic E-state index is 0.00577. The number of nitrogens with one attached hydrogen (secondary N) is 1. The lowest BCUT2D eigenvalue weighted by atomic mass is 10.1. The Morgan fingerprint density at radius 2 is 1.88 bits per heavy atom. The maximum Gasteiger partial charge on any atom is 0.251 e. The van der Waals surface area contributed by atoms with Crippen LogP contribution >= 0.6 is 11.6 Å². The van der Waals surface area contributed by atoms with Gasteiger partial charge in [0.1, 0.15) is 0 Å². The van der Waals surface area contributed by atoms with Crippen LogP contribution in [0.25, 0.3) is 0 Å². The van der Waals surface area contributed by atoms with E-state index < -0.39 is 0 Å². The Balaban J connectivity index is 2.75. The Labute approximate surface area is 108 Å². The average molecular weight is 254 g/mol. The van der Waals surface area contributed by atoms with Crippen molar-refractivity contribution in [2.24, 2.45) is 0 Å². The number of alkyl halides is 1. The van der Waals surface area contributed by atoms with Crippen LogP contribution in [-0.2, 0) is 0 Å². The number of hydrogen-bond donors (Lipinski definition) is 1. The molecule has 0 spiro atoms. The zero-order valence-electron chi connectivity index (χ0n) is 10.7. The van der Waals surface area contributed by atoms with Gasteiger partial charge < -0.3 is 5.32 Å². The lowest BCUT2D eigenvalue weighted by Crippen LogP contribution is -2.34. The first-order valence-corrected chi connectivity index (χ1v) is 6.55. The van der Waals surface area contributed by atoms with Gasteiger partial charge in [-0.2, -0.15) is 0 Å². The maximum atomic E-state index is 12.0. The summed E-state index contributed by atoms with van der Waals surface area (Å²) in [5, 5.41) is 3.01. The van der Waals surface area contributed by atoms with Crippen molar-refractivity contribution in [3.8, 4) is 0 Å². The van der Waals surface area contributed by atoms with E-state index in [9.17, 15) is 4.79 Å². The third kappa shape index (κ3) is 4.39. The molecule has 1 rings (SSSR count). The molecule has 0 aromatic heterocycles. The second kappa shape index (κ2) is 6.65. The van der Waals surface area contributed by atoms with Crippen molar-refractivity contribution in [1.82, 2.24) is 5.32 Å². The molecule has 1 N–H and O–H groups in total. The number of carbonyl (C=O) groups is 1. The summed E-state index contributed by atoms with van der Waals surface area (Å²) in [4.78, 5) is 12.0. The highest BCUT2D eigenvalue weighted by molar-refractivity contribution is 6.17. The number of halogens is 1. The number of carbonyl (C=O) groups excluding carboxylic acids is 1. The van der Waals surface area contributed by atoms with E-state index in [-0.39, 0.29) is 11.9 Å². The van der Waals surface area contributed by atoms with Gasteiger partial charge in [-0.3, -0.25) is 4.79 Å². The summed E-state index contributed by atoms with van der Waals surface area (Å²) >= 11 is 5.70. The van der Waals surface area contributed by atoms with Crippen molar-refractivity contribution in [2.45, 2.75) is 39.7 Å². The van der Waals surface area contributed by atoms with Crippen LogP contribution in [0.5, 0.6) is 0 Å². The van der Waals surface area contributed by atoms with Crippen LogP contribution in [0.3, 0.4) is 0 Å². The van der Waals surface area contributed by atoms with Crippen molar-refractivity contribution >= 4 is 17.5 Å². The van der Waals surface area contributed by atoms with E-state index in [1.807, 2.05) is 26.0 Å². The number of aryl methyl sites for hydroxylation is 2. The Morgan fingerprint density at radius 1 is 1.29 bits per heavy atom. The second-order valence-corrected chi connectivity index (χ2v) is 4.81. The second-order valence-electron chi connectivity index (χ2n) is 4.43. The third-order valence-electron chi connectivity index (χ3n) is 2.77. The van der Waals surface area contributed by atoms with Crippen molar-refractivity contribution in [2.75, 3.05) is 5.88 Å². The van der Waals surface area contributed by atoms with Gasteiger partial charge in [0.2, 0.25) is 0 Å². The van der Waals surface area contributed by atoms with Crippen molar-refractivity contribution in [1.29, 1.82) is 0 Å². The molecule has 1 aromatic carbocycles. The van der Waals surface area contributed by atoms with Crippen LogP contribution in [0.2, 0.25) is 0 Å². The minimum atomic E-state index is -0.00577. The van der Waals surface area contributed by atoms with E-state index in [1.165, 1.54) is 0 Å². The summed E-state index contributed by atoms with van der Waals surface area (Å²) < 4.78 is 0. The molecule has 0 radical (unpaired) electrons. The molecule has 1 aromatic rings. The molecule has 0 saturated carbocycles. The van der Waals surface area contributed by atoms with Gasteiger partial charge in [0.15, 0.2) is 0 Å². The highest BCUT2D eigenvalue weighted by Gasteiger charge is 2.12. The van der Waals surface area contributed by atoms with Gasteiger partial charge in [0.25, 0.3) is 5.91 Å². The summed E-state index contributed by atoms with van der Waals surface area (Å²) in [7, 11) is 0. The highest BCUT2D eigenvalue weighted by atomic mass is 35.5. The fourth-order valence-electron chi connectivity index (χ4n) is 1.88. The maximum absolute atomic E-state index is 12.0. The van der Waals surface area contributed by atoms with Crippen LogP contribution < -0.4 is 5.32 Å². The molecule has 1 atom stereocenters. The molecule has 1 amide bonds. The van der Waals surface area contributed by atoms with Gasteiger partial charge in [-0.15, -0.1) is 11.6 Å². The van der Waals surface area contributed by atoms with Gasteiger partial charge in [-0.25, -0.2) is 0 Å². The molecule has 0 aliphatic rings. The average Bonchev–Trinajstić information content (AvgIpc) is 2.27. The first kappa shape index (κ1) is 14.0. The molecule has 0 aliphatic carbocycles. The van der Waals surface area contributed by atoms with Gasteiger partial charge >= 0.3 is 0 Å². The number of hydrogen-bond acceptors (Lipinski definition) is 1. The highest BCUT2D eigenvalue weighted by Crippen LogP contribution is 2.10. The first-order chi connectivity index (χ1) is 8.06. The summed E-state index contributed by atoms with van der Waals surface area (Å²) in [6.07, 6.45) is 1.72. The van der Waals surface area contributed by atoms with E-state index in [1.54, 1.807) is 0 Å². The zero-order chi connectivity index (χ0) is 12.8. The smallest absolute Gasteiger partial charge is 0.251 e. The number of rotatable bonds is 5. The summed E-state index contributed by atoms with van der Waals surface area (Å²) in [6.45, 7) is 6.05. The predicted octanol–water partition coefficient (Wildman–Crippen LogP) is 3.44. The summed E-state index contributed by atoms with van der Waals surface area (Å²) in [5.74, 6) is 0.569. The fraction of sp³-hybridized carbons (Fsp3) is 0.500. The number of benzene rings is 1. The molecular weight excluding hydrogens is 234 g/mol. The zero-order valence-corrected chi connectivity index (χ0v) is 11.5. The van der Waals surface area contributed by atoms with E-state index >= 15 is 0 Å². The Kier molecular flexibility index (Phi) is 5.49. The summed E-state index contributed by atoms with van der Waals surface area (Å²) in [6, 6.07) is 6.05. The van der Waals surface area contributed by atoms with Crippen LogP contribution in [0.1, 0.15) is 41.3 Å². The molecule has 0 bridgehead atoms. The van der Waals surface area contributed by atoms with Crippen LogP contribution in [0, 0.1) is 13.8 Å². The first-order valence-electron chi connectivity index (χ1n) is 6.02. The van der Waals surface area contributed by atoms with Crippen LogP contribution in [-0.4, -0.2) is 17.8 Å². The molecule has 0 aliphatic heterocycles. The van der Waals surface area contributed by atoms with Crippen molar-refractivity contribution < 1.29 is 4.79 Å². The molecule has 2 nitrogen and oxygen atoms in total. The molecular formula is C14H20ClNO. The van der Waals surface area contributed by atoms with Crippen molar-refractivity contribution in [3.05, 3.63) is 34.9 Å². The lowest BCUT2D eigenvalue weighted by Gasteiger charge is -2.16. The molecule has 0 saturated heterocycles. The molecule has 94 valence electrons. The normalized spacial score (nSPS) is 12.2. The minimum Gasteiger partial charge on any atom is -0.349 e.